The summed E-state index contributed by atoms with van der Waals surface area (Å²) in [6, 6.07) is 2.92. The van der Waals surface area contributed by atoms with Crippen molar-refractivity contribution in [3.63, 3.8) is 0 Å². The summed E-state index contributed by atoms with van der Waals surface area (Å²) < 4.78 is 26.7. The topological polar surface area (TPSA) is 123 Å². The van der Waals surface area contributed by atoms with E-state index >= 15 is 0 Å². The zero-order chi connectivity index (χ0) is 14.6. The van der Waals surface area contributed by atoms with Gasteiger partial charge in [0.2, 0.25) is 10.0 Å². The number of pyridine rings is 1. The summed E-state index contributed by atoms with van der Waals surface area (Å²) in [5, 5.41) is 0. The van der Waals surface area contributed by atoms with E-state index < -0.39 is 10.0 Å². The Kier molecular flexibility index (Phi) is 4.23. The molecule has 8 nitrogen and oxygen atoms in total. The van der Waals surface area contributed by atoms with Crippen LogP contribution in [0.25, 0.3) is 0 Å². The van der Waals surface area contributed by atoms with E-state index in [2.05, 4.69) is 25.1 Å². The normalized spacial score (nSPS) is 11.3. The molecule has 0 amide bonds. The maximum Gasteiger partial charge on any atom is 0.244 e. The lowest BCUT2D eigenvalue weighted by molar-refractivity contribution is 0.580. The van der Waals surface area contributed by atoms with Gasteiger partial charge < -0.3 is 5.43 Å². The van der Waals surface area contributed by atoms with Crippen molar-refractivity contribution in [2.45, 2.75) is 18.4 Å². The summed E-state index contributed by atoms with van der Waals surface area (Å²) in [5.74, 6) is 5.32. The monoisotopic (exact) mass is 294 g/mol. The molecule has 0 radical (unpaired) electrons. The van der Waals surface area contributed by atoms with Crippen molar-refractivity contribution in [3.8, 4) is 0 Å². The second-order valence-corrected chi connectivity index (χ2v) is 5.70. The first-order valence-corrected chi connectivity index (χ1v) is 7.20. The minimum Gasteiger partial charge on any atom is -0.307 e. The summed E-state index contributed by atoms with van der Waals surface area (Å²) in [4.78, 5) is 11.9. The predicted molar refractivity (Wildman–Crippen MR) is 72.8 cm³/mol. The van der Waals surface area contributed by atoms with Gasteiger partial charge in [-0.3, -0.25) is 9.97 Å². The van der Waals surface area contributed by atoms with Crippen LogP contribution in [-0.4, -0.2) is 23.4 Å². The van der Waals surface area contributed by atoms with Crippen LogP contribution < -0.4 is 16.0 Å². The Morgan fingerprint density at radius 1 is 1.25 bits per heavy atom. The lowest BCUT2D eigenvalue weighted by atomic mass is 10.4. The van der Waals surface area contributed by atoms with Crippen molar-refractivity contribution in [1.29, 1.82) is 0 Å². The fourth-order valence-electron chi connectivity index (χ4n) is 1.47. The molecule has 0 fully saturated rings. The highest BCUT2D eigenvalue weighted by Crippen LogP contribution is 2.16. The van der Waals surface area contributed by atoms with Crippen LogP contribution in [-0.2, 0) is 16.6 Å². The van der Waals surface area contributed by atoms with Crippen molar-refractivity contribution in [2.75, 3.05) is 5.43 Å². The molecule has 0 unspecified atom stereocenters. The number of hydrogen-bond acceptors (Lipinski definition) is 7. The van der Waals surface area contributed by atoms with Crippen molar-refractivity contribution >= 4 is 15.8 Å². The average Bonchev–Trinajstić information content (AvgIpc) is 2.46. The van der Waals surface area contributed by atoms with E-state index in [1.54, 1.807) is 13.1 Å². The highest BCUT2D eigenvalue weighted by atomic mass is 32.2. The molecule has 0 aliphatic heterocycles. The zero-order valence-corrected chi connectivity index (χ0v) is 11.6. The van der Waals surface area contributed by atoms with E-state index in [1.165, 1.54) is 24.5 Å². The Balaban J connectivity index is 2.17. The molecule has 4 N–H and O–H groups in total. The Labute approximate surface area is 116 Å². The summed E-state index contributed by atoms with van der Waals surface area (Å²) in [5.41, 5.74) is 3.53. The Morgan fingerprint density at radius 2 is 2.05 bits per heavy atom. The van der Waals surface area contributed by atoms with E-state index in [9.17, 15) is 8.42 Å². The van der Waals surface area contributed by atoms with Crippen molar-refractivity contribution < 1.29 is 8.42 Å². The number of hydrazine groups is 1. The van der Waals surface area contributed by atoms with Gasteiger partial charge >= 0.3 is 0 Å². The van der Waals surface area contributed by atoms with Crippen LogP contribution in [0.1, 0.15) is 11.4 Å². The van der Waals surface area contributed by atoms with Crippen LogP contribution >= 0.6 is 0 Å². The molecule has 0 spiro atoms. The molecule has 0 saturated heterocycles. The Bertz CT molecular complexity index is 686. The summed E-state index contributed by atoms with van der Waals surface area (Å²) >= 11 is 0. The molecule has 20 heavy (non-hydrogen) atoms. The van der Waals surface area contributed by atoms with Gasteiger partial charge in [0.15, 0.2) is 5.82 Å². The number of aromatic nitrogens is 3. The Hall–Kier alpha value is -2.10. The SMILES string of the molecule is Cc1cnc(CNS(=O)(=O)c2cccnc2NN)cn1. The Morgan fingerprint density at radius 3 is 2.70 bits per heavy atom. The van der Waals surface area contributed by atoms with E-state index in [1.807, 2.05) is 0 Å². The highest BCUT2D eigenvalue weighted by Gasteiger charge is 2.18. The number of nitrogens with two attached hydrogens (primary N) is 1. The minimum atomic E-state index is -3.73. The van der Waals surface area contributed by atoms with E-state index in [0.29, 0.717) is 5.69 Å². The predicted octanol–water partition coefficient (Wildman–Crippen LogP) is -0.0559. The summed E-state index contributed by atoms with van der Waals surface area (Å²) in [6.45, 7) is 1.84. The number of hydrogen-bond donors (Lipinski definition) is 3. The molecule has 0 atom stereocenters. The molecule has 2 rings (SSSR count). The number of nitrogens with one attached hydrogen (secondary N) is 2. The molecule has 2 aromatic rings. The number of aryl methyl sites for hydroxylation is 1. The standard InChI is InChI=1S/C11H14N6O2S/c1-8-5-15-9(6-14-8)7-16-20(18,19)10-3-2-4-13-11(10)17-12/h2-6,16H,7,12H2,1H3,(H,13,17). The average molecular weight is 294 g/mol. The molecule has 2 heterocycles. The van der Waals surface area contributed by atoms with Crippen LogP contribution in [0.3, 0.4) is 0 Å². The van der Waals surface area contributed by atoms with Gasteiger partial charge in [0, 0.05) is 12.4 Å². The number of nitrogen functional groups attached to an aromatic ring is 1. The van der Waals surface area contributed by atoms with Gasteiger partial charge in [0.25, 0.3) is 0 Å². The molecule has 0 bridgehead atoms. The molecular weight excluding hydrogens is 280 g/mol. The van der Waals surface area contributed by atoms with Crippen molar-refractivity contribution in [3.05, 3.63) is 42.1 Å². The number of sulfonamides is 1. The van der Waals surface area contributed by atoms with E-state index in [-0.39, 0.29) is 17.3 Å². The molecular formula is C11H14N6O2S. The lowest BCUT2D eigenvalue weighted by Crippen LogP contribution is -2.26. The van der Waals surface area contributed by atoms with Gasteiger partial charge in [-0.05, 0) is 19.1 Å². The molecule has 2 aromatic heterocycles. The zero-order valence-electron chi connectivity index (χ0n) is 10.7. The third-order valence-electron chi connectivity index (χ3n) is 2.47. The van der Waals surface area contributed by atoms with Crippen LogP contribution in [0.2, 0.25) is 0 Å². The molecule has 9 heteroatoms. The summed E-state index contributed by atoms with van der Waals surface area (Å²) in [6.07, 6.45) is 4.53. The molecule has 0 aliphatic rings. The first-order valence-electron chi connectivity index (χ1n) is 5.72. The second kappa shape index (κ2) is 5.90. The largest absolute Gasteiger partial charge is 0.307 e. The maximum atomic E-state index is 12.2. The fourth-order valence-corrected chi connectivity index (χ4v) is 2.59. The summed E-state index contributed by atoms with van der Waals surface area (Å²) in [7, 11) is -3.73. The van der Waals surface area contributed by atoms with Gasteiger partial charge in [-0.2, -0.15) is 0 Å². The number of rotatable bonds is 5. The number of nitrogens with zero attached hydrogens (tertiary/aromatic N) is 3. The maximum absolute atomic E-state index is 12.2. The molecule has 0 aromatic carbocycles. The van der Waals surface area contributed by atoms with Crippen LogP contribution in [0.5, 0.6) is 0 Å². The van der Waals surface area contributed by atoms with Gasteiger partial charge in [-0.25, -0.2) is 24.0 Å². The van der Waals surface area contributed by atoms with Gasteiger partial charge in [0.1, 0.15) is 4.90 Å². The molecule has 0 saturated carbocycles. The van der Waals surface area contributed by atoms with Gasteiger partial charge in [-0.15, -0.1) is 0 Å². The lowest BCUT2D eigenvalue weighted by Gasteiger charge is -2.09. The molecule has 106 valence electrons. The quantitative estimate of drug-likeness (QED) is 0.521. The third kappa shape index (κ3) is 3.26. The first-order chi connectivity index (χ1) is 9.53. The van der Waals surface area contributed by atoms with Gasteiger partial charge in [-0.1, -0.05) is 0 Å². The minimum absolute atomic E-state index is 0.0254. The first kappa shape index (κ1) is 14.3. The number of anilines is 1. The van der Waals surface area contributed by atoms with E-state index in [0.717, 1.165) is 5.69 Å². The van der Waals surface area contributed by atoms with E-state index in [4.69, 9.17) is 5.84 Å². The fraction of sp³-hybridized carbons (Fsp3) is 0.182. The van der Waals surface area contributed by atoms with Crippen LogP contribution in [0.15, 0.2) is 35.6 Å². The van der Waals surface area contributed by atoms with Gasteiger partial charge in [0.05, 0.1) is 24.1 Å². The molecule has 0 aliphatic carbocycles. The van der Waals surface area contributed by atoms with Crippen LogP contribution in [0, 0.1) is 6.92 Å². The van der Waals surface area contributed by atoms with Crippen molar-refractivity contribution in [2.24, 2.45) is 5.84 Å². The second-order valence-electron chi connectivity index (χ2n) is 3.97. The van der Waals surface area contributed by atoms with Crippen molar-refractivity contribution in [1.82, 2.24) is 19.7 Å². The van der Waals surface area contributed by atoms with Crippen LogP contribution in [0.4, 0.5) is 5.82 Å². The third-order valence-corrected chi connectivity index (χ3v) is 3.91. The smallest absolute Gasteiger partial charge is 0.244 e. The highest BCUT2D eigenvalue weighted by molar-refractivity contribution is 7.89.